The standard InChI is InChI=1S/C29H38ClN7O6S/c1-33(2)17-22-21-14-19(30)4-5-23(21)32-28(22)44(40,41)36-8-9-37(20(16-36)15-26(38)35-10-12-42-13-11-35)29(39)27-31-24-6-7-34(3)18-25(24)43-27/h4-5,14,20,32H,6-13,15-18H2,1-3H3. The first-order valence-electron chi connectivity index (χ1n) is 14.8. The molecule has 0 aliphatic carbocycles. The van der Waals surface area contributed by atoms with Gasteiger partial charge in [-0.25, -0.2) is 13.4 Å². The molecular weight excluding hydrogens is 610 g/mol. The van der Waals surface area contributed by atoms with Crippen LogP contribution in [0.5, 0.6) is 0 Å². The molecule has 0 saturated carbocycles. The number of aromatic amines is 1. The van der Waals surface area contributed by atoms with Crippen molar-refractivity contribution in [1.29, 1.82) is 0 Å². The van der Waals surface area contributed by atoms with Gasteiger partial charge in [-0.15, -0.1) is 0 Å². The van der Waals surface area contributed by atoms with E-state index in [0.717, 1.165) is 17.6 Å². The molecule has 1 N–H and O–H groups in total. The third-order valence-electron chi connectivity index (χ3n) is 8.49. The number of benzene rings is 1. The number of amides is 2. The van der Waals surface area contributed by atoms with Crippen LogP contribution >= 0.6 is 11.6 Å². The molecule has 1 aromatic carbocycles. The van der Waals surface area contributed by atoms with Crippen molar-refractivity contribution in [3.63, 3.8) is 0 Å². The number of ether oxygens (including phenoxy) is 1. The number of hydrogen-bond acceptors (Lipinski definition) is 9. The first-order valence-corrected chi connectivity index (χ1v) is 16.6. The molecule has 3 aliphatic heterocycles. The zero-order valence-corrected chi connectivity index (χ0v) is 26.8. The van der Waals surface area contributed by atoms with Crippen molar-refractivity contribution in [2.24, 2.45) is 0 Å². The minimum Gasteiger partial charge on any atom is -0.436 e. The molecule has 2 amide bonds. The van der Waals surface area contributed by atoms with E-state index in [1.165, 1.54) is 4.31 Å². The van der Waals surface area contributed by atoms with E-state index in [2.05, 4.69) is 14.9 Å². The molecule has 0 radical (unpaired) electrons. The Kier molecular flexibility index (Phi) is 8.74. The topological polar surface area (TPSA) is 136 Å². The number of sulfonamides is 1. The molecule has 3 aromatic rings. The van der Waals surface area contributed by atoms with Gasteiger partial charge in [0.25, 0.3) is 15.9 Å². The van der Waals surface area contributed by atoms with Crippen LogP contribution < -0.4 is 0 Å². The molecule has 3 aliphatic rings. The summed E-state index contributed by atoms with van der Waals surface area (Å²) in [5, 5.41) is 1.33. The predicted molar refractivity (Wildman–Crippen MR) is 163 cm³/mol. The Hall–Kier alpha value is -3.01. The maximum Gasteiger partial charge on any atom is 0.310 e. The number of aromatic nitrogens is 2. The van der Waals surface area contributed by atoms with Crippen LogP contribution in [-0.4, -0.2) is 134 Å². The molecule has 2 saturated heterocycles. The van der Waals surface area contributed by atoms with Gasteiger partial charge in [0.2, 0.25) is 5.91 Å². The predicted octanol–water partition coefficient (Wildman–Crippen LogP) is 1.62. The molecule has 44 heavy (non-hydrogen) atoms. The normalized spacial score (nSPS) is 20.4. The highest BCUT2D eigenvalue weighted by Gasteiger charge is 2.41. The van der Waals surface area contributed by atoms with Crippen molar-refractivity contribution in [2.75, 3.05) is 73.6 Å². The second-order valence-electron chi connectivity index (χ2n) is 11.9. The highest BCUT2D eigenvalue weighted by Crippen LogP contribution is 2.32. The summed E-state index contributed by atoms with van der Waals surface area (Å²) in [7, 11) is 1.67. The van der Waals surface area contributed by atoms with Gasteiger partial charge in [0.15, 0.2) is 5.03 Å². The van der Waals surface area contributed by atoms with E-state index in [1.54, 1.807) is 28.0 Å². The number of oxazole rings is 1. The fourth-order valence-electron chi connectivity index (χ4n) is 6.19. The average molecular weight is 648 g/mol. The Morgan fingerprint density at radius 3 is 2.66 bits per heavy atom. The molecule has 0 bridgehead atoms. The van der Waals surface area contributed by atoms with Crippen molar-refractivity contribution in [3.8, 4) is 0 Å². The summed E-state index contributed by atoms with van der Waals surface area (Å²) in [5.41, 5.74) is 2.04. The van der Waals surface area contributed by atoms with Crippen LogP contribution in [0.4, 0.5) is 0 Å². The fourth-order valence-corrected chi connectivity index (χ4v) is 8.03. The van der Waals surface area contributed by atoms with Crippen LogP contribution in [0.1, 0.15) is 34.1 Å². The molecular formula is C29H38ClN7O6S. The number of halogens is 1. The number of H-pyrrole nitrogens is 1. The van der Waals surface area contributed by atoms with E-state index in [1.807, 2.05) is 26.0 Å². The highest BCUT2D eigenvalue weighted by atomic mass is 35.5. The van der Waals surface area contributed by atoms with Crippen LogP contribution in [0.15, 0.2) is 27.6 Å². The molecule has 2 fully saturated rings. The van der Waals surface area contributed by atoms with Crippen LogP contribution in [-0.2, 0) is 39.1 Å². The number of fused-ring (bicyclic) bond motifs is 2. The van der Waals surface area contributed by atoms with Gasteiger partial charge in [0.1, 0.15) is 5.76 Å². The Bertz CT molecular complexity index is 1670. The Morgan fingerprint density at radius 2 is 1.91 bits per heavy atom. The molecule has 6 rings (SSSR count). The van der Waals surface area contributed by atoms with E-state index in [-0.39, 0.29) is 42.9 Å². The smallest absolute Gasteiger partial charge is 0.310 e. The van der Waals surface area contributed by atoms with E-state index in [9.17, 15) is 18.0 Å². The number of carbonyl (C=O) groups is 2. The molecule has 1 atom stereocenters. The number of carbonyl (C=O) groups excluding carboxylic acids is 2. The summed E-state index contributed by atoms with van der Waals surface area (Å²) in [4.78, 5) is 42.1. The van der Waals surface area contributed by atoms with Crippen LogP contribution in [0.3, 0.4) is 0 Å². The van der Waals surface area contributed by atoms with Crippen molar-refractivity contribution in [1.82, 2.24) is 33.9 Å². The van der Waals surface area contributed by atoms with Gasteiger partial charge in [-0.2, -0.15) is 4.31 Å². The third-order valence-corrected chi connectivity index (χ3v) is 10.6. The summed E-state index contributed by atoms with van der Waals surface area (Å²) in [6.45, 7) is 3.62. The van der Waals surface area contributed by atoms with Gasteiger partial charge < -0.3 is 28.8 Å². The summed E-state index contributed by atoms with van der Waals surface area (Å²) in [6, 6.07) is 4.53. The maximum atomic E-state index is 14.3. The largest absolute Gasteiger partial charge is 0.436 e. The van der Waals surface area contributed by atoms with Gasteiger partial charge in [-0.05, 0) is 39.3 Å². The number of hydrogen-bond donors (Lipinski definition) is 1. The van der Waals surface area contributed by atoms with Gasteiger partial charge in [-0.1, -0.05) is 11.6 Å². The molecule has 13 nitrogen and oxygen atoms in total. The van der Waals surface area contributed by atoms with Gasteiger partial charge in [0, 0.05) is 80.1 Å². The summed E-state index contributed by atoms with van der Waals surface area (Å²) in [5.74, 6) is 0.0486. The number of nitrogens with one attached hydrogen (secondary N) is 1. The zero-order chi connectivity index (χ0) is 31.2. The lowest BCUT2D eigenvalue weighted by atomic mass is 10.1. The number of nitrogens with zero attached hydrogens (tertiary/aromatic N) is 6. The molecule has 2 aromatic heterocycles. The van der Waals surface area contributed by atoms with Crippen molar-refractivity contribution < 1.29 is 27.2 Å². The Morgan fingerprint density at radius 1 is 1.14 bits per heavy atom. The van der Waals surface area contributed by atoms with Crippen molar-refractivity contribution in [3.05, 3.63) is 46.1 Å². The van der Waals surface area contributed by atoms with E-state index >= 15 is 0 Å². The summed E-state index contributed by atoms with van der Waals surface area (Å²) in [6.07, 6.45) is 0.645. The zero-order valence-electron chi connectivity index (χ0n) is 25.2. The minimum atomic E-state index is -4.05. The van der Waals surface area contributed by atoms with Gasteiger partial charge in [-0.3, -0.25) is 14.5 Å². The van der Waals surface area contributed by atoms with Crippen LogP contribution in [0.2, 0.25) is 5.02 Å². The van der Waals surface area contributed by atoms with E-state index in [0.29, 0.717) is 67.7 Å². The Labute approximate surface area is 261 Å². The van der Waals surface area contributed by atoms with E-state index in [4.69, 9.17) is 20.8 Å². The third kappa shape index (κ3) is 6.11. The van der Waals surface area contributed by atoms with Gasteiger partial charge in [0.05, 0.1) is 31.5 Å². The van der Waals surface area contributed by atoms with Crippen molar-refractivity contribution >= 4 is 44.3 Å². The second kappa shape index (κ2) is 12.4. The van der Waals surface area contributed by atoms with Gasteiger partial charge >= 0.3 is 5.91 Å². The lowest BCUT2D eigenvalue weighted by Crippen LogP contribution is -2.58. The first kappa shape index (κ1) is 31.0. The number of likely N-dealkylation sites (N-methyl/N-ethyl adjacent to an activating group) is 1. The number of morpholine rings is 1. The number of piperazine rings is 1. The molecule has 15 heteroatoms. The summed E-state index contributed by atoms with van der Waals surface area (Å²) < 4.78 is 41.2. The lowest BCUT2D eigenvalue weighted by Gasteiger charge is -2.40. The fraction of sp³-hybridized carbons (Fsp3) is 0.552. The first-order chi connectivity index (χ1) is 21.0. The maximum absolute atomic E-state index is 14.3. The lowest BCUT2D eigenvalue weighted by molar-refractivity contribution is -0.136. The quantitative estimate of drug-likeness (QED) is 0.406. The monoisotopic (exact) mass is 647 g/mol. The summed E-state index contributed by atoms with van der Waals surface area (Å²) >= 11 is 6.28. The van der Waals surface area contributed by atoms with Crippen LogP contribution in [0.25, 0.3) is 10.9 Å². The highest BCUT2D eigenvalue weighted by molar-refractivity contribution is 7.89. The second-order valence-corrected chi connectivity index (χ2v) is 14.3. The van der Waals surface area contributed by atoms with E-state index < -0.39 is 22.0 Å². The minimum absolute atomic E-state index is 0.0220. The average Bonchev–Trinajstić information content (AvgIpc) is 3.58. The molecule has 238 valence electrons. The molecule has 0 spiro atoms. The van der Waals surface area contributed by atoms with Crippen LogP contribution in [0, 0.1) is 0 Å². The Balaban J connectivity index is 1.31. The molecule has 1 unspecified atom stereocenters. The SMILES string of the molecule is CN(C)Cc1c(S(=O)(=O)N2CCN(C(=O)c3nc4c(o3)CN(C)CC4)C(CC(=O)N3CCOCC3)C2)[nH]c2ccc(Cl)cc12. The van der Waals surface area contributed by atoms with Crippen molar-refractivity contribution in [2.45, 2.75) is 37.0 Å². The number of rotatable bonds is 7. The molecule has 5 heterocycles.